The summed E-state index contributed by atoms with van der Waals surface area (Å²) in [5, 5.41) is 9.37. The Bertz CT molecular complexity index is 735. The number of aliphatic hydroxyl groups is 1. The van der Waals surface area contributed by atoms with Crippen LogP contribution in [0.15, 0.2) is 24.3 Å². The summed E-state index contributed by atoms with van der Waals surface area (Å²) in [5.74, 6) is 0.467. The van der Waals surface area contributed by atoms with E-state index in [0.717, 1.165) is 51.7 Å². The molecule has 2 unspecified atom stereocenters. The molecule has 172 valence electrons. The third-order valence-corrected chi connectivity index (χ3v) is 7.49. The van der Waals surface area contributed by atoms with Crippen molar-refractivity contribution in [2.75, 3.05) is 26.2 Å². The van der Waals surface area contributed by atoms with Gasteiger partial charge >= 0.3 is 0 Å². The van der Waals surface area contributed by atoms with Gasteiger partial charge in [0.1, 0.15) is 6.61 Å². The van der Waals surface area contributed by atoms with E-state index in [-0.39, 0.29) is 11.8 Å². The van der Waals surface area contributed by atoms with Crippen molar-refractivity contribution in [3.8, 4) is 0 Å². The van der Waals surface area contributed by atoms with Gasteiger partial charge < -0.3 is 15.7 Å². The predicted octanol–water partition coefficient (Wildman–Crippen LogP) is 3.14. The first-order valence-corrected chi connectivity index (χ1v) is 12.0. The van der Waals surface area contributed by atoms with Gasteiger partial charge in [-0.05, 0) is 61.6 Å². The van der Waals surface area contributed by atoms with E-state index in [0.29, 0.717) is 29.5 Å². The Morgan fingerprint density at radius 1 is 1.19 bits per heavy atom. The number of amides is 2. The Morgan fingerprint density at radius 3 is 2.45 bits per heavy atom. The van der Waals surface area contributed by atoms with Gasteiger partial charge in [0.25, 0.3) is 0 Å². The number of nitrogens with two attached hydrogens (primary N) is 1. The number of hydrogen-bond acceptors (Lipinski definition) is 4. The van der Waals surface area contributed by atoms with Crippen LogP contribution >= 0.6 is 0 Å². The van der Waals surface area contributed by atoms with Crippen LogP contribution in [0.3, 0.4) is 0 Å². The third kappa shape index (κ3) is 5.86. The summed E-state index contributed by atoms with van der Waals surface area (Å²) in [7, 11) is 0. The van der Waals surface area contributed by atoms with Crippen molar-refractivity contribution in [3.05, 3.63) is 35.4 Å². The van der Waals surface area contributed by atoms with E-state index in [4.69, 9.17) is 5.73 Å². The van der Waals surface area contributed by atoms with E-state index in [9.17, 15) is 14.7 Å². The number of primary amides is 1. The van der Waals surface area contributed by atoms with Crippen LogP contribution in [0.4, 0.5) is 0 Å². The molecule has 2 saturated heterocycles. The zero-order valence-corrected chi connectivity index (χ0v) is 19.1. The van der Waals surface area contributed by atoms with Crippen LogP contribution in [0, 0.1) is 5.92 Å². The molecule has 0 radical (unpaired) electrons. The third-order valence-electron chi connectivity index (χ3n) is 7.49. The van der Waals surface area contributed by atoms with Crippen LogP contribution in [0.2, 0.25) is 0 Å². The number of carbonyl (C=O) groups excluding carboxylic acids is 2. The maximum absolute atomic E-state index is 12.2. The van der Waals surface area contributed by atoms with Gasteiger partial charge in [-0.2, -0.15) is 0 Å². The van der Waals surface area contributed by atoms with E-state index in [1.807, 2.05) is 17.0 Å². The van der Waals surface area contributed by atoms with Crippen LogP contribution in [0.1, 0.15) is 80.6 Å². The van der Waals surface area contributed by atoms with Gasteiger partial charge in [-0.15, -0.1) is 0 Å². The molecule has 2 atom stereocenters. The number of carbonyl (C=O) groups is 2. The van der Waals surface area contributed by atoms with E-state index in [1.165, 1.54) is 18.4 Å². The molecule has 6 nitrogen and oxygen atoms in total. The van der Waals surface area contributed by atoms with Crippen molar-refractivity contribution >= 4 is 11.8 Å². The molecular formula is C25H39N3O3. The highest BCUT2D eigenvalue weighted by Crippen LogP contribution is 2.43. The Hall–Kier alpha value is -1.92. The average Bonchev–Trinajstić information content (AvgIpc) is 3.02. The quantitative estimate of drug-likeness (QED) is 0.566. The highest BCUT2D eigenvalue weighted by molar-refractivity contribution is 5.92. The lowest BCUT2D eigenvalue weighted by molar-refractivity contribution is -0.135. The van der Waals surface area contributed by atoms with Crippen molar-refractivity contribution < 1.29 is 14.7 Å². The molecule has 2 fully saturated rings. The predicted molar refractivity (Wildman–Crippen MR) is 123 cm³/mol. The number of rotatable bonds is 11. The highest BCUT2D eigenvalue weighted by Gasteiger charge is 2.40. The molecule has 2 heterocycles. The zero-order valence-electron chi connectivity index (χ0n) is 19.1. The van der Waals surface area contributed by atoms with Gasteiger partial charge in [0.15, 0.2) is 0 Å². The molecule has 0 spiro atoms. The SMILES string of the molecule is CCC(CC)CN(CCCN1C2CCC1CC(c1cccc(C(N)=O)c1)C2)C(=O)CO. The molecule has 1 aromatic carbocycles. The zero-order chi connectivity index (χ0) is 22.4. The summed E-state index contributed by atoms with van der Waals surface area (Å²) in [6.45, 7) is 6.39. The van der Waals surface area contributed by atoms with Gasteiger partial charge in [0.05, 0.1) is 0 Å². The van der Waals surface area contributed by atoms with Crippen LogP contribution in [0.5, 0.6) is 0 Å². The summed E-state index contributed by atoms with van der Waals surface area (Å²) < 4.78 is 0. The van der Waals surface area contributed by atoms with Gasteiger partial charge in [-0.1, -0.05) is 38.8 Å². The number of hydrogen-bond donors (Lipinski definition) is 2. The minimum absolute atomic E-state index is 0.150. The molecule has 2 bridgehead atoms. The molecule has 2 amide bonds. The van der Waals surface area contributed by atoms with E-state index in [2.05, 4.69) is 24.8 Å². The maximum atomic E-state index is 12.2. The first-order chi connectivity index (χ1) is 15.0. The van der Waals surface area contributed by atoms with Crippen molar-refractivity contribution in [3.63, 3.8) is 0 Å². The van der Waals surface area contributed by atoms with Gasteiger partial charge in [-0.3, -0.25) is 14.5 Å². The lowest BCUT2D eigenvalue weighted by atomic mass is 9.84. The summed E-state index contributed by atoms with van der Waals surface area (Å²) in [6.07, 6.45) is 7.74. The number of piperidine rings is 1. The minimum Gasteiger partial charge on any atom is -0.387 e. The maximum Gasteiger partial charge on any atom is 0.248 e. The van der Waals surface area contributed by atoms with Gasteiger partial charge in [0, 0.05) is 37.3 Å². The van der Waals surface area contributed by atoms with Crippen LogP contribution in [-0.4, -0.2) is 65.0 Å². The molecule has 0 saturated carbocycles. The second-order valence-electron chi connectivity index (χ2n) is 9.31. The molecule has 2 aliphatic heterocycles. The van der Waals surface area contributed by atoms with Gasteiger partial charge in [0.2, 0.25) is 11.8 Å². The molecule has 0 aromatic heterocycles. The largest absolute Gasteiger partial charge is 0.387 e. The molecule has 0 aliphatic carbocycles. The van der Waals surface area contributed by atoms with Crippen molar-refractivity contribution in [2.24, 2.45) is 11.7 Å². The lowest BCUT2D eigenvalue weighted by Crippen LogP contribution is -2.44. The Morgan fingerprint density at radius 2 is 1.87 bits per heavy atom. The fourth-order valence-corrected chi connectivity index (χ4v) is 5.58. The van der Waals surface area contributed by atoms with Crippen LogP contribution < -0.4 is 5.73 Å². The smallest absolute Gasteiger partial charge is 0.248 e. The molecule has 31 heavy (non-hydrogen) atoms. The van der Waals surface area contributed by atoms with E-state index >= 15 is 0 Å². The number of nitrogens with zero attached hydrogens (tertiary/aromatic N) is 2. The molecule has 2 aliphatic rings. The first-order valence-electron chi connectivity index (χ1n) is 12.0. The average molecular weight is 430 g/mol. The fourth-order valence-electron chi connectivity index (χ4n) is 5.58. The standard InChI is InChI=1S/C25H39N3O3/c1-3-18(4-2)16-27(24(30)17-29)11-6-12-28-22-9-10-23(28)15-21(14-22)19-7-5-8-20(13-19)25(26)31/h5,7-8,13,18,21-23,29H,3-4,6,9-12,14-17H2,1-2H3,(H2,26,31). The number of fused-ring (bicyclic) bond motifs is 2. The number of aliphatic hydroxyl groups excluding tert-OH is 1. The Labute approximate surface area is 186 Å². The topological polar surface area (TPSA) is 86.9 Å². The van der Waals surface area contributed by atoms with E-state index in [1.54, 1.807) is 6.07 Å². The Kier molecular flexibility index (Phi) is 8.50. The molecular weight excluding hydrogens is 390 g/mol. The molecule has 3 rings (SSSR count). The van der Waals surface area contributed by atoms with Crippen molar-refractivity contribution in [2.45, 2.75) is 76.8 Å². The van der Waals surface area contributed by atoms with Gasteiger partial charge in [-0.25, -0.2) is 0 Å². The van der Waals surface area contributed by atoms with Crippen molar-refractivity contribution in [1.29, 1.82) is 0 Å². The summed E-state index contributed by atoms with van der Waals surface area (Å²) >= 11 is 0. The van der Waals surface area contributed by atoms with Crippen molar-refractivity contribution in [1.82, 2.24) is 9.80 Å². The molecule has 3 N–H and O–H groups in total. The molecule has 1 aromatic rings. The van der Waals surface area contributed by atoms with Crippen LogP contribution in [-0.2, 0) is 4.79 Å². The Balaban J connectivity index is 1.55. The summed E-state index contributed by atoms with van der Waals surface area (Å²) in [5.41, 5.74) is 7.30. The fraction of sp³-hybridized carbons (Fsp3) is 0.680. The summed E-state index contributed by atoms with van der Waals surface area (Å²) in [4.78, 5) is 28.3. The molecule has 6 heteroatoms. The lowest BCUT2D eigenvalue weighted by Gasteiger charge is -2.39. The minimum atomic E-state index is -0.402. The highest BCUT2D eigenvalue weighted by atomic mass is 16.3. The second kappa shape index (κ2) is 11.1. The van der Waals surface area contributed by atoms with Crippen LogP contribution in [0.25, 0.3) is 0 Å². The monoisotopic (exact) mass is 429 g/mol. The number of benzene rings is 1. The van der Waals surface area contributed by atoms with E-state index < -0.39 is 6.61 Å². The summed E-state index contributed by atoms with van der Waals surface area (Å²) in [6, 6.07) is 8.97. The first kappa shape index (κ1) is 23.7. The second-order valence-corrected chi connectivity index (χ2v) is 9.31. The normalized spacial score (nSPS) is 23.3.